The van der Waals surface area contributed by atoms with Gasteiger partial charge in [-0.15, -0.1) is 0 Å². The molecule has 2 aromatic rings. The maximum absolute atomic E-state index is 11.4. The monoisotopic (exact) mass is 304 g/mol. The molecule has 0 unspecified atom stereocenters. The highest BCUT2D eigenvalue weighted by atomic mass is 16.5. The summed E-state index contributed by atoms with van der Waals surface area (Å²) in [5, 5.41) is 11.0. The fourth-order valence-electron chi connectivity index (χ4n) is 3.06. The zero-order valence-electron chi connectivity index (χ0n) is 12.8. The summed E-state index contributed by atoms with van der Waals surface area (Å²) in [6.07, 6.45) is 2.01. The van der Waals surface area contributed by atoms with Crippen molar-refractivity contribution in [3.8, 4) is 5.75 Å². The van der Waals surface area contributed by atoms with E-state index in [4.69, 9.17) is 9.15 Å². The first-order valence-electron chi connectivity index (χ1n) is 7.81. The van der Waals surface area contributed by atoms with E-state index in [9.17, 15) is 9.90 Å². The highest BCUT2D eigenvalue weighted by molar-refractivity contribution is 5.81. The van der Waals surface area contributed by atoms with Gasteiger partial charge in [0.2, 0.25) is 0 Å². The van der Waals surface area contributed by atoms with Crippen molar-refractivity contribution in [1.29, 1.82) is 0 Å². The van der Waals surface area contributed by atoms with Crippen LogP contribution in [0, 0.1) is 6.92 Å². The molecule has 0 bridgehead atoms. The van der Waals surface area contributed by atoms with Crippen molar-refractivity contribution in [1.82, 2.24) is 0 Å². The molecule has 3 rings (SSSR count). The minimum absolute atomic E-state index is 0.255. The second kappa shape index (κ2) is 6.50. The zero-order valence-corrected chi connectivity index (χ0v) is 12.8. The topological polar surface area (TPSA) is 64.1 Å². The smallest absolute Gasteiger partial charge is 0.336 e. The molecule has 0 spiro atoms. The first kappa shape index (κ1) is 15.1. The van der Waals surface area contributed by atoms with Crippen molar-refractivity contribution in [2.24, 2.45) is 0 Å². The lowest BCUT2D eigenvalue weighted by Gasteiger charge is -2.17. The molecule has 0 aliphatic carbocycles. The van der Waals surface area contributed by atoms with Gasteiger partial charge in [-0.3, -0.25) is 0 Å². The highest BCUT2D eigenvalue weighted by Crippen LogP contribution is 2.22. The van der Waals surface area contributed by atoms with Gasteiger partial charge in [-0.05, 0) is 24.6 Å². The Hall–Kier alpha value is -1.85. The average molecular weight is 304 g/mol. The number of hydrogen-bond acceptors (Lipinski definition) is 4. The summed E-state index contributed by atoms with van der Waals surface area (Å²) in [7, 11) is 0. The maximum atomic E-state index is 11.4. The molecule has 1 aromatic carbocycles. The molecule has 1 aliphatic rings. The Morgan fingerprint density at radius 2 is 2.09 bits per heavy atom. The molecular weight excluding hydrogens is 282 g/mol. The van der Waals surface area contributed by atoms with Crippen LogP contribution in [0.3, 0.4) is 0 Å². The second-order valence-corrected chi connectivity index (χ2v) is 6.03. The largest absolute Gasteiger partial charge is 0.491 e. The Balaban J connectivity index is 1.64. The predicted octanol–water partition coefficient (Wildman–Crippen LogP) is 0.520. The molecule has 2 N–H and O–H groups in total. The van der Waals surface area contributed by atoms with Crippen molar-refractivity contribution in [2.45, 2.75) is 25.9 Å². The number of likely N-dealkylation sites (tertiary alicyclic amines) is 1. The van der Waals surface area contributed by atoms with Crippen LogP contribution >= 0.6 is 0 Å². The third-order valence-electron chi connectivity index (χ3n) is 4.20. The van der Waals surface area contributed by atoms with Crippen LogP contribution in [0.15, 0.2) is 33.5 Å². The van der Waals surface area contributed by atoms with Gasteiger partial charge in [-0.25, -0.2) is 4.79 Å². The normalized spacial score (nSPS) is 17.0. The van der Waals surface area contributed by atoms with Crippen LogP contribution in [0.5, 0.6) is 5.75 Å². The zero-order chi connectivity index (χ0) is 15.5. The van der Waals surface area contributed by atoms with E-state index in [1.54, 1.807) is 6.07 Å². The maximum Gasteiger partial charge on any atom is 0.336 e. The van der Waals surface area contributed by atoms with Crippen LogP contribution in [-0.4, -0.2) is 37.5 Å². The standard InChI is InChI=1S/C17H21NO4/c1-12-8-17(20)22-16-9-14(4-5-15(12)16)21-11-13(19)10-18-6-2-3-7-18/h4-5,8-9,13,19H,2-3,6-7,10-11H2,1H3/p+1/t13-/m1/s1. The van der Waals surface area contributed by atoms with Crippen LogP contribution in [-0.2, 0) is 0 Å². The van der Waals surface area contributed by atoms with Gasteiger partial charge in [0.15, 0.2) is 0 Å². The molecule has 5 heteroatoms. The number of aryl methyl sites for hydroxylation is 1. The number of fused-ring (bicyclic) bond motifs is 1. The van der Waals surface area contributed by atoms with Gasteiger partial charge in [0, 0.05) is 30.4 Å². The summed E-state index contributed by atoms with van der Waals surface area (Å²) in [5.41, 5.74) is 1.04. The molecule has 1 fully saturated rings. The van der Waals surface area contributed by atoms with Crippen LogP contribution in [0.2, 0.25) is 0 Å². The second-order valence-electron chi connectivity index (χ2n) is 6.03. The molecule has 1 atom stereocenters. The van der Waals surface area contributed by atoms with Crippen molar-refractivity contribution in [2.75, 3.05) is 26.2 Å². The van der Waals surface area contributed by atoms with E-state index >= 15 is 0 Å². The number of rotatable bonds is 5. The van der Waals surface area contributed by atoms with Crippen LogP contribution in [0.25, 0.3) is 11.0 Å². The van der Waals surface area contributed by atoms with Gasteiger partial charge in [0.25, 0.3) is 0 Å². The Bertz CT molecular complexity index is 703. The number of hydrogen-bond donors (Lipinski definition) is 2. The summed E-state index contributed by atoms with van der Waals surface area (Å²) >= 11 is 0. The number of nitrogens with one attached hydrogen (secondary N) is 1. The quantitative estimate of drug-likeness (QED) is 0.791. The fourth-order valence-corrected chi connectivity index (χ4v) is 3.06. The van der Waals surface area contributed by atoms with E-state index in [2.05, 4.69) is 0 Å². The van der Waals surface area contributed by atoms with E-state index in [0.29, 0.717) is 11.3 Å². The van der Waals surface area contributed by atoms with Crippen molar-refractivity contribution in [3.05, 3.63) is 40.2 Å². The SMILES string of the molecule is Cc1cc(=O)oc2cc(OC[C@H](O)C[NH+]3CCCC3)ccc12. The lowest BCUT2D eigenvalue weighted by molar-refractivity contribution is -0.890. The fraction of sp³-hybridized carbons (Fsp3) is 0.471. The number of aliphatic hydroxyl groups excluding tert-OH is 1. The van der Waals surface area contributed by atoms with Gasteiger partial charge < -0.3 is 19.2 Å². The number of quaternary nitrogens is 1. The molecule has 2 heterocycles. The summed E-state index contributed by atoms with van der Waals surface area (Å²) in [6.45, 7) is 5.13. The Kier molecular flexibility index (Phi) is 4.45. The highest BCUT2D eigenvalue weighted by Gasteiger charge is 2.19. The summed E-state index contributed by atoms with van der Waals surface area (Å²) in [4.78, 5) is 12.9. The molecular formula is C17H22NO4+. The minimum Gasteiger partial charge on any atom is -0.491 e. The van der Waals surface area contributed by atoms with E-state index in [1.165, 1.54) is 23.8 Å². The first-order valence-corrected chi connectivity index (χ1v) is 7.81. The van der Waals surface area contributed by atoms with Gasteiger partial charge in [0.1, 0.15) is 30.6 Å². The molecule has 1 saturated heterocycles. The van der Waals surface area contributed by atoms with E-state index in [1.807, 2.05) is 19.1 Å². The van der Waals surface area contributed by atoms with E-state index in [-0.39, 0.29) is 12.2 Å². The van der Waals surface area contributed by atoms with Crippen LogP contribution in [0.1, 0.15) is 18.4 Å². The Morgan fingerprint density at radius 3 is 2.86 bits per heavy atom. The molecule has 118 valence electrons. The first-order chi connectivity index (χ1) is 10.6. The number of aliphatic hydroxyl groups is 1. The van der Waals surface area contributed by atoms with Crippen molar-refractivity contribution >= 4 is 11.0 Å². The molecule has 5 nitrogen and oxygen atoms in total. The number of ether oxygens (including phenoxy) is 1. The van der Waals surface area contributed by atoms with E-state index in [0.717, 1.165) is 30.6 Å². The molecule has 1 aliphatic heterocycles. The van der Waals surface area contributed by atoms with Gasteiger partial charge in [0.05, 0.1) is 13.1 Å². The van der Waals surface area contributed by atoms with Crippen LogP contribution < -0.4 is 15.3 Å². The molecule has 1 aromatic heterocycles. The third-order valence-corrected chi connectivity index (χ3v) is 4.20. The molecule has 22 heavy (non-hydrogen) atoms. The Morgan fingerprint density at radius 1 is 1.32 bits per heavy atom. The van der Waals surface area contributed by atoms with Gasteiger partial charge >= 0.3 is 5.63 Å². The summed E-state index contributed by atoms with van der Waals surface area (Å²) < 4.78 is 10.8. The van der Waals surface area contributed by atoms with Gasteiger partial charge in [-0.1, -0.05) is 0 Å². The lowest BCUT2D eigenvalue weighted by Crippen LogP contribution is -3.11. The van der Waals surface area contributed by atoms with Gasteiger partial charge in [-0.2, -0.15) is 0 Å². The van der Waals surface area contributed by atoms with Crippen molar-refractivity contribution < 1.29 is 19.2 Å². The number of benzene rings is 1. The minimum atomic E-state index is -0.478. The lowest BCUT2D eigenvalue weighted by atomic mass is 10.1. The van der Waals surface area contributed by atoms with E-state index < -0.39 is 6.10 Å². The third kappa shape index (κ3) is 3.48. The molecule has 0 saturated carbocycles. The Labute approximate surface area is 129 Å². The summed E-state index contributed by atoms with van der Waals surface area (Å²) in [5.74, 6) is 0.608. The molecule has 0 amide bonds. The van der Waals surface area contributed by atoms with Crippen LogP contribution in [0.4, 0.5) is 0 Å². The average Bonchev–Trinajstić information content (AvgIpc) is 2.97. The summed E-state index contributed by atoms with van der Waals surface area (Å²) in [6, 6.07) is 6.90. The van der Waals surface area contributed by atoms with Crippen molar-refractivity contribution in [3.63, 3.8) is 0 Å². The molecule has 0 radical (unpaired) electrons. The predicted molar refractivity (Wildman–Crippen MR) is 83.5 cm³/mol.